The molecule has 0 unspecified atom stereocenters. The fraction of sp³-hybridized carbons (Fsp3) is 0.667. The Balaban J connectivity index is 1.21. The predicted octanol–water partition coefficient (Wildman–Crippen LogP) is 4.07. The first kappa shape index (κ1) is 19.5. The number of hydrogen-bond acceptors (Lipinski definition) is 2. The number of hydrogen-bond donors (Lipinski definition) is 1. The number of amides is 2. The van der Waals surface area contributed by atoms with Gasteiger partial charge in [0.2, 0.25) is 11.8 Å². The molecule has 0 heterocycles. The Morgan fingerprint density at radius 1 is 1.07 bits per heavy atom. The Bertz CT molecular complexity index is 707. The normalized spacial score (nSPS) is 30.3. The van der Waals surface area contributed by atoms with Crippen molar-refractivity contribution in [2.45, 2.75) is 64.8 Å². The van der Waals surface area contributed by atoms with Crippen LogP contribution in [0.2, 0.25) is 0 Å². The van der Waals surface area contributed by atoms with E-state index in [0.717, 1.165) is 43.4 Å². The summed E-state index contributed by atoms with van der Waals surface area (Å²) in [4.78, 5) is 27.2. The minimum atomic E-state index is -0.0829. The van der Waals surface area contributed by atoms with Crippen LogP contribution in [0, 0.1) is 30.1 Å². The second kappa shape index (κ2) is 7.88. The highest BCUT2D eigenvalue weighted by Gasteiger charge is 2.54. The van der Waals surface area contributed by atoms with Crippen molar-refractivity contribution in [2.75, 3.05) is 13.6 Å². The molecule has 2 amide bonds. The molecule has 4 nitrogen and oxygen atoms in total. The fourth-order valence-corrected chi connectivity index (χ4v) is 6.34. The van der Waals surface area contributed by atoms with Crippen LogP contribution in [0.5, 0.6) is 0 Å². The summed E-state index contributed by atoms with van der Waals surface area (Å²) in [6.45, 7) is 3.34. The minimum Gasteiger partial charge on any atom is -0.356 e. The Morgan fingerprint density at radius 2 is 1.68 bits per heavy atom. The quantitative estimate of drug-likeness (QED) is 0.723. The molecule has 5 rings (SSSR count). The van der Waals surface area contributed by atoms with Crippen LogP contribution in [0.4, 0.5) is 0 Å². The zero-order chi connectivity index (χ0) is 19.7. The maximum Gasteiger partial charge on any atom is 0.226 e. The van der Waals surface area contributed by atoms with Crippen LogP contribution >= 0.6 is 0 Å². The van der Waals surface area contributed by atoms with Gasteiger partial charge in [0, 0.05) is 32.0 Å². The van der Waals surface area contributed by atoms with Crippen molar-refractivity contribution in [1.29, 1.82) is 0 Å². The lowest BCUT2D eigenvalue weighted by atomic mass is 9.49. The van der Waals surface area contributed by atoms with Crippen molar-refractivity contribution in [3.63, 3.8) is 0 Å². The first-order chi connectivity index (χ1) is 13.4. The van der Waals surface area contributed by atoms with Gasteiger partial charge in [-0.05, 0) is 80.8 Å². The lowest BCUT2D eigenvalue weighted by molar-refractivity contribution is -0.146. The van der Waals surface area contributed by atoms with Gasteiger partial charge in [-0.1, -0.05) is 24.3 Å². The molecule has 0 aliphatic heterocycles. The molecule has 4 heteroatoms. The third-order valence-corrected chi connectivity index (χ3v) is 7.47. The fourth-order valence-electron chi connectivity index (χ4n) is 6.34. The Morgan fingerprint density at radius 3 is 2.29 bits per heavy atom. The number of aryl methyl sites for hydroxylation is 1. The summed E-state index contributed by atoms with van der Waals surface area (Å²) in [5.74, 6) is 2.77. The third-order valence-electron chi connectivity index (χ3n) is 7.47. The van der Waals surface area contributed by atoms with Crippen LogP contribution < -0.4 is 5.32 Å². The summed E-state index contributed by atoms with van der Waals surface area (Å²) in [6.07, 6.45) is 8.57. The van der Waals surface area contributed by atoms with Crippen molar-refractivity contribution in [1.82, 2.24) is 10.2 Å². The number of carbonyl (C=O) groups is 2. The van der Waals surface area contributed by atoms with Gasteiger partial charge in [0.15, 0.2) is 0 Å². The van der Waals surface area contributed by atoms with Crippen LogP contribution in [0.3, 0.4) is 0 Å². The molecule has 4 aliphatic carbocycles. The van der Waals surface area contributed by atoms with E-state index in [4.69, 9.17) is 0 Å². The number of rotatable bonds is 7. The van der Waals surface area contributed by atoms with E-state index in [-0.39, 0.29) is 17.2 Å². The summed E-state index contributed by atoms with van der Waals surface area (Å²) in [6, 6.07) is 8.19. The van der Waals surface area contributed by atoms with E-state index in [0.29, 0.717) is 19.5 Å². The van der Waals surface area contributed by atoms with Gasteiger partial charge in [-0.15, -0.1) is 0 Å². The number of carbonyl (C=O) groups excluding carboxylic acids is 2. The maximum absolute atomic E-state index is 12.9. The average molecular weight is 383 g/mol. The van der Waals surface area contributed by atoms with E-state index in [2.05, 4.69) is 24.4 Å². The monoisotopic (exact) mass is 382 g/mol. The van der Waals surface area contributed by atoms with Gasteiger partial charge in [0.25, 0.3) is 0 Å². The van der Waals surface area contributed by atoms with Gasteiger partial charge >= 0.3 is 0 Å². The molecular formula is C24H34N2O2. The minimum absolute atomic E-state index is 0.0829. The van der Waals surface area contributed by atoms with Crippen LogP contribution in [0.15, 0.2) is 24.3 Å². The molecule has 4 fully saturated rings. The van der Waals surface area contributed by atoms with Gasteiger partial charge in [-0.25, -0.2) is 0 Å². The summed E-state index contributed by atoms with van der Waals surface area (Å²) in [5, 5.41) is 3.18. The molecule has 1 N–H and O–H groups in total. The highest BCUT2D eigenvalue weighted by Crippen LogP contribution is 2.60. The van der Waals surface area contributed by atoms with E-state index in [1.165, 1.54) is 30.4 Å². The Hall–Kier alpha value is -1.84. The molecule has 152 valence electrons. The summed E-state index contributed by atoms with van der Waals surface area (Å²) >= 11 is 0. The molecule has 4 aliphatic rings. The topological polar surface area (TPSA) is 49.4 Å². The van der Waals surface area contributed by atoms with Gasteiger partial charge < -0.3 is 10.2 Å². The predicted molar refractivity (Wildman–Crippen MR) is 111 cm³/mol. The van der Waals surface area contributed by atoms with Crippen LogP contribution in [-0.2, 0) is 16.1 Å². The molecule has 0 spiro atoms. The molecular weight excluding hydrogens is 348 g/mol. The summed E-state index contributed by atoms with van der Waals surface area (Å²) in [7, 11) is 1.86. The lowest BCUT2D eigenvalue weighted by Crippen LogP contribution is -2.53. The van der Waals surface area contributed by atoms with Crippen molar-refractivity contribution in [3.05, 3.63) is 35.4 Å². The molecule has 1 aromatic carbocycles. The second-order valence-electron chi connectivity index (χ2n) is 9.73. The van der Waals surface area contributed by atoms with E-state index in [9.17, 15) is 9.59 Å². The number of nitrogens with zero attached hydrogens (tertiary/aromatic N) is 1. The van der Waals surface area contributed by atoms with Crippen molar-refractivity contribution < 1.29 is 9.59 Å². The summed E-state index contributed by atoms with van der Waals surface area (Å²) < 4.78 is 0. The van der Waals surface area contributed by atoms with Crippen LogP contribution in [0.25, 0.3) is 0 Å². The van der Waals surface area contributed by atoms with Crippen LogP contribution in [0.1, 0.15) is 62.5 Å². The zero-order valence-electron chi connectivity index (χ0n) is 17.4. The highest BCUT2D eigenvalue weighted by atomic mass is 16.2. The molecule has 0 aromatic heterocycles. The van der Waals surface area contributed by atoms with E-state index >= 15 is 0 Å². The molecule has 28 heavy (non-hydrogen) atoms. The second-order valence-corrected chi connectivity index (χ2v) is 9.73. The van der Waals surface area contributed by atoms with Gasteiger partial charge in [0.1, 0.15) is 0 Å². The van der Waals surface area contributed by atoms with Crippen molar-refractivity contribution in [3.8, 4) is 0 Å². The molecule has 4 bridgehead atoms. The van der Waals surface area contributed by atoms with Crippen LogP contribution in [-0.4, -0.2) is 30.3 Å². The van der Waals surface area contributed by atoms with Gasteiger partial charge in [0.05, 0.1) is 0 Å². The first-order valence-corrected chi connectivity index (χ1v) is 11.0. The van der Waals surface area contributed by atoms with Gasteiger partial charge in [-0.3, -0.25) is 9.59 Å². The van der Waals surface area contributed by atoms with E-state index in [1.54, 1.807) is 4.90 Å². The molecule has 0 saturated heterocycles. The number of benzene rings is 1. The Kier molecular flexibility index (Phi) is 5.48. The standard InChI is InChI=1S/C24H34N2O2/c1-17-6-3-4-7-21(17)16-26(2)22(27)8-5-9-25-23(28)24-13-18-10-19(14-24)12-20(11-18)15-24/h3-4,6-7,18-20H,5,8-16H2,1-2H3,(H,25,28). The number of nitrogens with one attached hydrogen (secondary N) is 1. The maximum atomic E-state index is 12.9. The average Bonchev–Trinajstić information content (AvgIpc) is 2.65. The van der Waals surface area contributed by atoms with E-state index in [1.807, 2.05) is 19.2 Å². The van der Waals surface area contributed by atoms with Crippen molar-refractivity contribution in [2.24, 2.45) is 23.2 Å². The smallest absolute Gasteiger partial charge is 0.226 e. The first-order valence-electron chi connectivity index (χ1n) is 11.0. The summed E-state index contributed by atoms with van der Waals surface area (Å²) in [5.41, 5.74) is 2.32. The molecule has 4 saturated carbocycles. The molecule has 1 aromatic rings. The van der Waals surface area contributed by atoms with E-state index < -0.39 is 0 Å². The Labute approximate surface area is 169 Å². The highest BCUT2D eigenvalue weighted by molar-refractivity contribution is 5.83. The largest absolute Gasteiger partial charge is 0.356 e. The molecule has 0 radical (unpaired) electrons. The van der Waals surface area contributed by atoms with Gasteiger partial charge in [-0.2, -0.15) is 0 Å². The SMILES string of the molecule is Cc1ccccc1CN(C)C(=O)CCCNC(=O)C12CC3CC(CC(C3)C1)C2. The zero-order valence-corrected chi connectivity index (χ0v) is 17.4. The molecule has 0 atom stereocenters. The van der Waals surface area contributed by atoms with Crippen molar-refractivity contribution >= 4 is 11.8 Å². The third kappa shape index (κ3) is 3.97. The lowest BCUT2D eigenvalue weighted by Gasteiger charge is -2.55.